The second-order valence-electron chi connectivity index (χ2n) is 8.49. The zero-order valence-corrected chi connectivity index (χ0v) is 18.8. The predicted molar refractivity (Wildman–Crippen MR) is 129 cm³/mol. The average Bonchev–Trinajstić information content (AvgIpc) is 2.82. The van der Waals surface area contributed by atoms with Crippen molar-refractivity contribution in [3.05, 3.63) is 95.6 Å². The molecule has 1 fully saturated rings. The van der Waals surface area contributed by atoms with Crippen LogP contribution in [0.2, 0.25) is 0 Å². The molecular formula is C28H32N2O2. The maximum atomic E-state index is 12.3. The van der Waals surface area contributed by atoms with Crippen molar-refractivity contribution in [2.75, 3.05) is 13.1 Å². The Labute approximate surface area is 191 Å². The number of nitrogens with zero attached hydrogens (tertiary/aromatic N) is 1. The van der Waals surface area contributed by atoms with E-state index in [2.05, 4.69) is 47.5 Å². The van der Waals surface area contributed by atoms with Crippen LogP contribution in [0, 0.1) is 0 Å². The molecule has 4 nitrogen and oxygen atoms in total. The summed E-state index contributed by atoms with van der Waals surface area (Å²) in [6.45, 7) is 5.02. The minimum Gasteiger partial charge on any atom is -0.457 e. The summed E-state index contributed by atoms with van der Waals surface area (Å²) in [5.74, 6) is 1.93. The van der Waals surface area contributed by atoms with Gasteiger partial charge >= 0.3 is 0 Å². The van der Waals surface area contributed by atoms with Crippen molar-refractivity contribution in [3.8, 4) is 11.5 Å². The fraction of sp³-hybridized carbons (Fsp3) is 0.321. The molecule has 3 aromatic rings. The molecule has 1 N–H and O–H groups in total. The summed E-state index contributed by atoms with van der Waals surface area (Å²) < 4.78 is 6.17. The number of amides is 1. The number of benzene rings is 3. The third kappa shape index (κ3) is 6.21. The average molecular weight is 429 g/mol. The van der Waals surface area contributed by atoms with E-state index >= 15 is 0 Å². The van der Waals surface area contributed by atoms with Gasteiger partial charge in [0, 0.05) is 25.7 Å². The number of nitrogens with one attached hydrogen (secondary N) is 1. The van der Waals surface area contributed by atoms with E-state index in [9.17, 15) is 4.79 Å². The first-order valence-corrected chi connectivity index (χ1v) is 11.6. The zero-order valence-electron chi connectivity index (χ0n) is 18.8. The topological polar surface area (TPSA) is 41.6 Å². The monoisotopic (exact) mass is 428 g/mol. The van der Waals surface area contributed by atoms with E-state index in [-0.39, 0.29) is 11.9 Å². The van der Waals surface area contributed by atoms with Crippen LogP contribution in [0.25, 0.3) is 0 Å². The largest absolute Gasteiger partial charge is 0.457 e. The Bertz CT molecular complexity index is 1010. The predicted octanol–water partition coefficient (Wildman–Crippen LogP) is 5.36. The standard InChI is InChI=1S/C28H32N2O2/c1-2-24-12-6-7-14-27(24)32-26-13-8-11-23(19-26)21-30-17-15-25(16-18-30)29-28(31)20-22-9-4-3-5-10-22/h3-14,19,25H,2,15-18,20-21H2,1H3,(H,29,31). The smallest absolute Gasteiger partial charge is 0.224 e. The number of para-hydroxylation sites is 1. The van der Waals surface area contributed by atoms with Gasteiger partial charge in [0.05, 0.1) is 6.42 Å². The number of hydrogen-bond donors (Lipinski definition) is 1. The first kappa shape index (κ1) is 22.1. The summed E-state index contributed by atoms with van der Waals surface area (Å²) in [6.07, 6.45) is 3.38. The van der Waals surface area contributed by atoms with E-state index in [1.165, 1.54) is 11.1 Å². The van der Waals surface area contributed by atoms with Crippen LogP contribution in [-0.4, -0.2) is 29.9 Å². The Morgan fingerprint density at radius 1 is 0.938 bits per heavy atom. The molecule has 1 saturated heterocycles. The highest BCUT2D eigenvalue weighted by Crippen LogP contribution is 2.27. The number of likely N-dealkylation sites (tertiary alicyclic amines) is 1. The fourth-order valence-corrected chi connectivity index (χ4v) is 4.28. The molecule has 1 heterocycles. The first-order valence-electron chi connectivity index (χ1n) is 11.6. The van der Waals surface area contributed by atoms with Gasteiger partial charge in [0.25, 0.3) is 0 Å². The lowest BCUT2D eigenvalue weighted by molar-refractivity contribution is -0.121. The van der Waals surface area contributed by atoms with Crippen LogP contribution in [0.4, 0.5) is 0 Å². The molecule has 0 atom stereocenters. The Morgan fingerprint density at radius 3 is 2.44 bits per heavy atom. The van der Waals surface area contributed by atoms with Crippen molar-refractivity contribution in [3.63, 3.8) is 0 Å². The highest BCUT2D eigenvalue weighted by atomic mass is 16.5. The molecule has 0 saturated carbocycles. The van der Waals surface area contributed by atoms with Crippen LogP contribution in [-0.2, 0) is 24.2 Å². The summed E-state index contributed by atoms with van der Waals surface area (Å²) in [4.78, 5) is 14.8. The summed E-state index contributed by atoms with van der Waals surface area (Å²) in [5, 5.41) is 3.21. The van der Waals surface area contributed by atoms with Gasteiger partial charge in [-0.15, -0.1) is 0 Å². The summed E-state index contributed by atoms with van der Waals surface area (Å²) in [6, 6.07) is 26.8. The summed E-state index contributed by atoms with van der Waals surface area (Å²) >= 11 is 0. The van der Waals surface area contributed by atoms with Gasteiger partial charge in [-0.2, -0.15) is 0 Å². The second kappa shape index (κ2) is 11.0. The van der Waals surface area contributed by atoms with Gasteiger partial charge in [0.15, 0.2) is 0 Å². The highest BCUT2D eigenvalue weighted by Gasteiger charge is 2.21. The van der Waals surface area contributed by atoms with Gasteiger partial charge in [-0.3, -0.25) is 9.69 Å². The first-order chi connectivity index (χ1) is 15.7. The van der Waals surface area contributed by atoms with Crippen molar-refractivity contribution < 1.29 is 9.53 Å². The third-order valence-corrected chi connectivity index (χ3v) is 6.05. The molecule has 0 spiro atoms. The molecule has 4 rings (SSSR count). The Morgan fingerprint density at radius 2 is 1.66 bits per heavy atom. The van der Waals surface area contributed by atoms with Gasteiger partial charge in [0.1, 0.15) is 11.5 Å². The number of rotatable bonds is 8. The van der Waals surface area contributed by atoms with Crippen molar-refractivity contribution in [2.24, 2.45) is 0 Å². The lowest BCUT2D eigenvalue weighted by Crippen LogP contribution is -2.44. The van der Waals surface area contributed by atoms with Crippen molar-refractivity contribution in [1.82, 2.24) is 10.2 Å². The SMILES string of the molecule is CCc1ccccc1Oc1cccc(CN2CCC(NC(=O)Cc3ccccc3)CC2)c1. The molecule has 0 aromatic heterocycles. The van der Waals surface area contributed by atoms with Gasteiger partial charge in [-0.25, -0.2) is 0 Å². The van der Waals surface area contributed by atoms with Crippen molar-refractivity contribution >= 4 is 5.91 Å². The number of piperidine rings is 1. The van der Waals surface area contributed by atoms with Crippen LogP contribution in [0.15, 0.2) is 78.9 Å². The van der Waals surface area contributed by atoms with E-state index < -0.39 is 0 Å². The van der Waals surface area contributed by atoms with E-state index in [4.69, 9.17) is 4.74 Å². The molecule has 1 aliphatic heterocycles. The number of ether oxygens (including phenoxy) is 1. The Balaban J connectivity index is 1.26. The molecule has 0 bridgehead atoms. The number of aryl methyl sites for hydroxylation is 1. The second-order valence-corrected chi connectivity index (χ2v) is 8.49. The minimum absolute atomic E-state index is 0.117. The number of carbonyl (C=O) groups is 1. The minimum atomic E-state index is 0.117. The lowest BCUT2D eigenvalue weighted by Gasteiger charge is -2.32. The van der Waals surface area contributed by atoms with Crippen LogP contribution in [0.3, 0.4) is 0 Å². The molecule has 1 amide bonds. The van der Waals surface area contributed by atoms with Crippen LogP contribution >= 0.6 is 0 Å². The number of hydrogen-bond acceptors (Lipinski definition) is 3. The maximum absolute atomic E-state index is 12.3. The lowest BCUT2D eigenvalue weighted by atomic mass is 10.0. The number of carbonyl (C=O) groups excluding carboxylic acids is 1. The molecule has 0 unspecified atom stereocenters. The zero-order chi connectivity index (χ0) is 22.2. The summed E-state index contributed by atoms with van der Waals surface area (Å²) in [7, 11) is 0. The molecule has 3 aromatic carbocycles. The molecule has 1 aliphatic rings. The fourth-order valence-electron chi connectivity index (χ4n) is 4.28. The van der Waals surface area contributed by atoms with Crippen molar-refractivity contribution in [2.45, 2.75) is 45.2 Å². The third-order valence-electron chi connectivity index (χ3n) is 6.05. The molecule has 4 heteroatoms. The van der Waals surface area contributed by atoms with Gasteiger partial charge in [-0.1, -0.05) is 67.6 Å². The van der Waals surface area contributed by atoms with Gasteiger partial charge < -0.3 is 10.1 Å². The maximum Gasteiger partial charge on any atom is 0.224 e. The van der Waals surface area contributed by atoms with Crippen molar-refractivity contribution in [1.29, 1.82) is 0 Å². The van der Waals surface area contributed by atoms with Crippen LogP contribution in [0.1, 0.15) is 36.5 Å². The van der Waals surface area contributed by atoms with Crippen LogP contribution < -0.4 is 10.1 Å². The Kier molecular flexibility index (Phi) is 7.57. The van der Waals surface area contributed by atoms with Gasteiger partial charge in [0.2, 0.25) is 5.91 Å². The molecule has 0 radical (unpaired) electrons. The van der Waals surface area contributed by atoms with Gasteiger partial charge in [-0.05, 0) is 54.2 Å². The normalized spacial score (nSPS) is 14.8. The van der Waals surface area contributed by atoms with E-state index in [0.29, 0.717) is 6.42 Å². The molecule has 0 aliphatic carbocycles. The van der Waals surface area contributed by atoms with E-state index in [1.54, 1.807) is 0 Å². The molecule has 32 heavy (non-hydrogen) atoms. The highest BCUT2D eigenvalue weighted by molar-refractivity contribution is 5.78. The summed E-state index contributed by atoms with van der Waals surface area (Å²) in [5.41, 5.74) is 3.53. The van der Waals surface area contributed by atoms with Crippen LogP contribution in [0.5, 0.6) is 11.5 Å². The van der Waals surface area contributed by atoms with E-state index in [1.807, 2.05) is 48.5 Å². The molecular weight excluding hydrogens is 396 g/mol. The molecule has 166 valence electrons. The quantitative estimate of drug-likeness (QED) is 0.525. The Hall–Kier alpha value is -3.11. The van der Waals surface area contributed by atoms with E-state index in [0.717, 1.165) is 56.0 Å².